The van der Waals surface area contributed by atoms with Gasteiger partial charge >= 0.3 is 0 Å². The van der Waals surface area contributed by atoms with Gasteiger partial charge in [-0.3, -0.25) is 0 Å². The Bertz CT molecular complexity index is 1370. The number of hydrogen-bond acceptors (Lipinski definition) is 6. The molecule has 5 rings (SSSR count). The molecular weight excluding hydrogens is 525 g/mol. The maximum atomic E-state index is 15.1. The molecule has 0 atom stereocenters. The van der Waals surface area contributed by atoms with Gasteiger partial charge in [-0.25, -0.2) is 18.7 Å². The first-order valence-corrected chi connectivity index (χ1v) is 13.0. The van der Waals surface area contributed by atoms with Gasteiger partial charge in [0.15, 0.2) is 5.82 Å². The Morgan fingerprint density at radius 3 is 2.50 bits per heavy atom. The molecule has 10 heteroatoms. The maximum Gasteiger partial charge on any atom is 0.220 e. The van der Waals surface area contributed by atoms with Crippen molar-refractivity contribution in [1.29, 1.82) is 0 Å². The average molecular weight is 549 g/mol. The summed E-state index contributed by atoms with van der Waals surface area (Å²) in [5, 5.41) is 10.5. The summed E-state index contributed by atoms with van der Waals surface area (Å²) in [4.78, 5) is 8.63. The number of nitrogens with one attached hydrogen (secondary N) is 1. The van der Waals surface area contributed by atoms with E-state index in [9.17, 15) is 4.39 Å². The summed E-state index contributed by atoms with van der Waals surface area (Å²) < 4.78 is 32.5. The molecular formula is C26H24Cl2F2N4OS. The molecule has 1 heterocycles. The topological polar surface area (TPSA) is 84.1 Å². The van der Waals surface area contributed by atoms with E-state index in [1.54, 1.807) is 36.4 Å². The van der Waals surface area contributed by atoms with Crippen LogP contribution < -0.4 is 10.5 Å². The van der Waals surface area contributed by atoms with Crippen LogP contribution in [0.2, 0.25) is 10.0 Å². The third kappa shape index (κ3) is 6.56. The van der Waals surface area contributed by atoms with Crippen molar-refractivity contribution in [2.75, 3.05) is 10.5 Å². The summed E-state index contributed by atoms with van der Waals surface area (Å²) in [6.07, 6.45) is 7.43. The molecule has 1 saturated carbocycles. The van der Waals surface area contributed by atoms with Crippen LogP contribution in [-0.2, 0) is 0 Å². The Balaban J connectivity index is 0.000000375. The van der Waals surface area contributed by atoms with Crippen molar-refractivity contribution < 1.29 is 13.9 Å². The van der Waals surface area contributed by atoms with Gasteiger partial charge in [0, 0.05) is 21.5 Å². The normalized spacial score (nSPS) is 13.8. The highest BCUT2D eigenvalue weighted by molar-refractivity contribution is 8.00. The Morgan fingerprint density at radius 2 is 1.78 bits per heavy atom. The maximum absolute atomic E-state index is 15.1. The lowest BCUT2D eigenvalue weighted by atomic mass is 9.98. The molecule has 0 bridgehead atoms. The van der Waals surface area contributed by atoms with Crippen LogP contribution in [0, 0.1) is 11.6 Å². The first-order chi connectivity index (χ1) is 17.3. The van der Waals surface area contributed by atoms with Crippen molar-refractivity contribution in [3.63, 3.8) is 0 Å². The third-order valence-electron chi connectivity index (χ3n) is 5.72. The first kappa shape index (κ1) is 26.4. The van der Waals surface area contributed by atoms with Crippen molar-refractivity contribution in [3.8, 4) is 11.1 Å². The second-order valence-corrected chi connectivity index (χ2v) is 10.0. The number of aliphatic hydroxyl groups excluding tert-OH is 1. The molecule has 5 nitrogen and oxygen atoms in total. The zero-order valence-electron chi connectivity index (χ0n) is 19.1. The molecule has 0 saturated heterocycles. The van der Waals surface area contributed by atoms with Gasteiger partial charge in [-0.05, 0) is 72.8 Å². The van der Waals surface area contributed by atoms with Gasteiger partial charge < -0.3 is 15.6 Å². The number of fused-ring (bicyclic) bond motifs is 1. The number of nitrogens with zero attached hydrogens (tertiary/aromatic N) is 2. The number of halogens is 4. The lowest BCUT2D eigenvalue weighted by Gasteiger charge is -2.14. The van der Waals surface area contributed by atoms with Crippen LogP contribution in [-0.4, -0.2) is 21.2 Å². The van der Waals surface area contributed by atoms with E-state index in [4.69, 9.17) is 34.0 Å². The van der Waals surface area contributed by atoms with Crippen molar-refractivity contribution in [2.24, 2.45) is 0 Å². The van der Waals surface area contributed by atoms with E-state index in [2.05, 4.69) is 14.7 Å². The summed E-state index contributed by atoms with van der Waals surface area (Å²) in [7, 11) is 0. The van der Waals surface area contributed by atoms with Gasteiger partial charge in [0.25, 0.3) is 0 Å². The Kier molecular flexibility index (Phi) is 8.85. The highest BCUT2D eigenvalue weighted by atomic mass is 35.5. The molecule has 188 valence electrons. The van der Waals surface area contributed by atoms with Crippen LogP contribution in [0.5, 0.6) is 0 Å². The molecule has 1 aromatic heterocycles. The number of aliphatic hydroxyl groups is 1. The van der Waals surface area contributed by atoms with Crippen LogP contribution in [0.4, 0.5) is 20.4 Å². The standard InChI is InChI=1S/C20H12Cl2F2N4S.C6H12O/c21-12-2-3-13(22)17(8-12)29-28-16-6-4-14(23)18(19(16)24)10-1-5-15-11(7-10)9-26-20(25)27-15;7-6-4-2-1-3-5-6/h1-9,28H,(H2,25,26,27);6-7H,1-5H2. The van der Waals surface area contributed by atoms with Gasteiger partial charge in [-0.15, -0.1) is 0 Å². The van der Waals surface area contributed by atoms with E-state index in [0.717, 1.165) is 24.8 Å². The molecule has 36 heavy (non-hydrogen) atoms. The van der Waals surface area contributed by atoms with Crippen molar-refractivity contribution in [2.45, 2.75) is 43.1 Å². The van der Waals surface area contributed by atoms with Crippen molar-refractivity contribution in [1.82, 2.24) is 9.97 Å². The third-order valence-corrected chi connectivity index (χ3v) is 7.27. The van der Waals surface area contributed by atoms with Crippen LogP contribution in [0.15, 0.2) is 59.6 Å². The minimum atomic E-state index is -0.730. The van der Waals surface area contributed by atoms with Gasteiger partial charge in [0.05, 0.1) is 27.9 Å². The molecule has 0 aliphatic heterocycles. The van der Waals surface area contributed by atoms with E-state index in [1.165, 1.54) is 37.6 Å². The minimum absolute atomic E-state index is 0.0359. The number of anilines is 2. The molecule has 0 unspecified atom stereocenters. The van der Waals surface area contributed by atoms with Crippen LogP contribution >= 0.6 is 35.1 Å². The molecule has 0 amide bonds. The summed E-state index contributed by atoms with van der Waals surface area (Å²) in [6, 6.07) is 12.3. The monoisotopic (exact) mass is 548 g/mol. The molecule has 1 fully saturated rings. The van der Waals surface area contributed by atoms with E-state index < -0.39 is 11.6 Å². The quantitative estimate of drug-likeness (QED) is 0.225. The highest BCUT2D eigenvalue weighted by Gasteiger charge is 2.17. The molecule has 0 spiro atoms. The minimum Gasteiger partial charge on any atom is -0.393 e. The fourth-order valence-corrected chi connectivity index (χ4v) is 5.04. The van der Waals surface area contributed by atoms with Crippen LogP contribution in [0.1, 0.15) is 32.1 Å². The lowest BCUT2D eigenvalue weighted by Crippen LogP contribution is -2.09. The summed E-state index contributed by atoms with van der Waals surface area (Å²) in [6.45, 7) is 0. The molecule has 1 aliphatic carbocycles. The Hall–Kier alpha value is -2.65. The highest BCUT2D eigenvalue weighted by Crippen LogP contribution is 2.36. The number of nitrogens with two attached hydrogens (primary N) is 1. The summed E-state index contributed by atoms with van der Waals surface area (Å²) in [5.74, 6) is -1.29. The smallest absolute Gasteiger partial charge is 0.220 e. The zero-order valence-corrected chi connectivity index (χ0v) is 21.5. The van der Waals surface area contributed by atoms with Crippen molar-refractivity contribution in [3.05, 3.63) is 76.4 Å². The van der Waals surface area contributed by atoms with Crippen molar-refractivity contribution >= 4 is 57.7 Å². The van der Waals surface area contributed by atoms with Crippen LogP contribution in [0.3, 0.4) is 0 Å². The second-order valence-electron chi connectivity index (χ2n) is 8.36. The van der Waals surface area contributed by atoms with Gasteiger partial charge in [0.1, 0.15) is 5.82 Å². The average Bonchev–Trinajstić information content (AvgIpc) is 2.86. The first-order valence-electron chi connectivity index (χ1n) is 11.4. The summed E-state index contributed by atoms with van der Waals surface area (Å²) >= 11 is 13.2. The van der Waals surface area contributed by atoms with E-state index in [0.29, 0.717) is 31.4 Å². The zero-order chi connectivity index (χ0) is 25.7. The lowest BCUT2D eigenvalue weighted by molar-refractivity contribution is 0.130. The number of rotatable bonds is 4. The Labute approximate surface area is 222 Å². The molecule has 3 aromatic carbocycles. The largest absolute Gasteiger partial charge is 0.393 e. The number of nitrogen functional groups attached to an aromatic ring is 1. The van der Waals surface area contributed by atoms with E-state index in [1.807, 2.05) is 0 Å². The fourth-order valence-electron chi connectivity index (χ4n) is 3.85. The summed E-state index contributed by atoms with van der Waals surface area (Å²) in [5.41, 5.74) is 6.46. The number of aromatic nitrogens is 2. The number of hydrogen-bond donors (Lipinski definition) is 3. The molecule has 4 aromatic rings. The van der Waals surface area contributed by atoms with Gasteiger partial charge in [0.2, 0.25) is 5.95 Å². The second kappa shape index (κ2) is 12.1. The van der Waals surface area contributed by atoms with Gasteiger partial charge in [-0.1, -0.05) is 48.5 Å². The predicted molar refractivity (Wildman–Crippen MR) is 144 cm³/mol. The predicted octanol–water partition coefficient (Wildman–Crippen LogP) is 7.89. The molecule has 1 aliphatic rings. The number of benzene rings is 3. The van der Waals surface area contributed by atoms with E-state index >= 15 is 4.39 Å². The van der Waals surface area contributed by atoms with Gasteiger partial charge in [-0.2, -0.15) is 0 Å². The Morgan fingerprint density at radius 1 is 1.00 bits per heavy atom. The molecule has 4 N–H and O–H groups in total. The van der Waals surface area contributed by atoms with Crippen LogP contribution in [0.25, 0.3) is 22.0 Å². The molecule has 0 radical (unpaired) electrons. The fraction of sp³-hybridized carbons (Fsp3) is 0.231. The SMILES string of the molecule is Nc1ncc2cc(-c3c(F)ccc(NSc4cc(Cl)ccc4Cl)c3F)ccc2n1.OC1CCCCC1. The van der Waals surface area contributed by atoms with E-state index in [-0.39, 0.29) is 23.3 Å².